The Labute approximate surface area is 67.8 Å². The van der Waals surface area contributed by atoms with E-state index in [0.717, 1.165) is 6.54 Å². The second kappa shape index (κ2) is 3.63. The Hall–Kier alpha value is 0.310. The molecule has 1 heterocycles. The van der Waals surface area contributed by atoms with Crippen LogP contribution in [-0.4, -0.2) is 18.1 Å². The molecule has 0 spiro atoms. The van der Waals surface area contributed by atoms with E-state index < -0.39 is 0 Å². The first-order valence-corrected chi connectivity index (χ1v) is 5.26. The summed E-state index contributed by atoms with van der Waals surface area (Å²) in [6, 6.07) is 0. The number of thioether (sulfide) groups is 1. The van der Waals surface area contributed by atoms with Crippen LogP contribution in [0.4, 0.5) is 0 Å². The van der Waals surface area contributed by atoms with E-state index in [2.05, 4.69) is 18.7 Å². The van der Waals surface area contributed by atoms with Gasteiger partial charge in [0.25, 0.3) is 0 Å². The van der Waals surface area contributed by atoms with Gasteiger partial charge in [0.15, 0.2) is 0 Å². The Bertz CT molecular complexity index is 91.4. The summed E-state index contributed by atoms with van der Waals surface area (Å²) in [6.45, 7) is 3.15. The van der Waals surface area contributed by atoms with Crippen LogP contribution < -0.4 is 5.73 Å². The third-order valence-corrected chi connectivity index (χ3v) is 3.98. The molecule has 1 saturated heterocycles. The quantitative estimate of drug-likeness (QED) is 0.665. The first-order valence-electron chi connectivity index (χ1n) is 4.11. The Morgan fingerprint density at radius 3 is 2.70 bits per heavy atom. The summed E-state index contributed by atoms with van der Waals surface area (Å²) in [6.07, 6.45) is 3.99. The van der Waals surface area contributed by atoms with Crippen LogP contribution in [0, 0.1) is 5.41 Å². The third-order valence-electron chi connectivity index (χ3n) is 2.59. The van der Waals surface area contributed by atoms with Gasteiger partial charge in [0.1, 0.15) is 0 Å². The molecule has 1 unspecified atom stereocenters. The lowest BCUT2D eigenvalue weighted by Gasteiger charge is -2.34. The van der Waals surface area contributed by atoms with Crippen LogP contribution in [0.25, 0.3) is 0 Å². The molecule has 1 rings (SSSR count). The van der Waals surface area contributed by atoms with Gasteiger partial charge in [-0.15, -0.1) is 0 Å². The molecule has 0 aromatic heterocycles. The minimum atomic E-state index is 0.503. The van der Waals surface area contributed by atoms with Crippen molar-refractivity contribution in [3.63, 3.8) is 0 Å². The van der Waals surface area contributed by atoms with Crippen LogP contribution in [0.3, 0.4) is 0 Å². The predicted molar refractivity (Wildman–Crippen MR) is 48.3 cm³/mol. The molecule has 10 heavy (non-hydrogen) atoms. The largest absolute Gasteiger partial charge is 0.330 e. The lowest BCUT2D eigenvalue weighted by Crippen LogP contribution is -2.34. The topological polar surface area (TPSA) is 26.0 Å². The zero-order chi connectivity index (χ0) is 7.45. The second-order valence-electron chi connectivity index (χ2n) is 3.21. The van der Waals surface area contributed by atoms with E-state index in [0.29, 0.717) is 5.41 Å². The van der Waals surface area contributed by atoms with Crippen molar-refractivity contribution >= 4 is 11.8 Å². The van der Waals surface area contributed by atoms with Gasteiger partial charge >= 0.3 is 0 Å². The standard InChI is InChI=1S/C8H17NS/c1-2-8(6-9)4-3-5-10-7-8/h2-7,9H2,1H3. The van der Waals surface area contributed by atoms with Gasteiger partial charge in [0, 0.05) is 5.75 Å². The van der Waals surface area contributed by atoms with Crippen molar-refractivity contribution in [1.29, 1.82) is 0 Å². The summed E-state index contributed by atoms with van der Waals surface area (Å²) >= 11 is 2.07. The maximum absolute atomic E-state index is 5.74. The van der Waals surface area contributed by atoms with Gasteiger partial charge in [-0.3, -0.25) is 0 Å². The smallest absolute Gasteiger partial charge is 0.000117 e. The molecule has 1 atom stereocenters. The highest BCUT2D eigenvalue weighted by atomic mass is 32.2. The lowest BCUT2D eigenvalue weighted by atomic mass is 9.82. The molecular weight excluding hydrogens is 142 g/mol. The molecular formula is C8H17NS. The van der Waals surface area contributed by atoms with Crippen LogP contribution in [0.2, 0.25) is 0 Å². The van der Waals surface area contributed by atoms with E-state index in [9.17, 15) is 0 Å². The van der Waals surface area contributed by atoms with E-state index in [1.54, 1.807) is 0 Å². The average molecular weight is 159 g/mol. The first kappa shape index (κ1) is 8.41. The van der Waals surface area contributed by atoms with Crippen molar-refractivity contribution in [1.82, 2.24) is 0 Å². The summed E-state index contributed by atoms with van der Waals surface area (Å²) < 4.78 is 0. The van der Waals surface area contributed by atoms with Crippen molar-refractivity contribution in [3.05, 3.63) is 0 Å². The number of hydrogen-bond acceptors (Lipinski definition) is 2. The third kappa shape index (κ3) is 1.67. The Morgan fingerprint density at radius 2 is 2.40 bits per heavy atom. The van der Waals surface area contributed by atoms with E-state index in [-0.39, 0.29) is 0 Å². The van der Waals surface area contributed by atoms with E-state index in [1.165, 1.54) is 30.8 Å². The number of nitrogens with two attached hydrogens (primary N) is 1. The van der Waals surface area contributed by atoms with Gasteiger partial charge in [0.05, 0.1) is 0 Å². The molecule has 0 radical (unpaired) electrons. The van der Waals surface area contributed by atoms with Gasteiger partial charge in [-0.1, -0.05) is 6.92 Å². The fourth-order valence-electron chi connectivity index (χ4n) is 1.49. The van der Waals surface area contributed by atoms with Crippen molar-refractivity contribution < 1.29 is 0 Å². The van der Waals surface area contributed by atoms with Crippen molar-refractivity contribution in [3.8, 4) is 0 Å². The Balaban J connectivity index is 2.44. The van der Waals surface area contributed by atoms with Crippen LogP contribution in [0.5, 0.6) is 0 Å². The van der Waals surface area contributed by atoms with Gasteiger partial charge in [-0.25, -0.2) is 0 Å². The monoisotopic (exact) mass is 159 g/mol. The lowest BCUT2D eigenvalue weighted by molar-refractivity contribution is 0.295. The maximum Gasteiger partial charge on any atom is 0.000117 e. The molecule has 0 aliphatic carbocycles. The minimum Gasteiger partial charge on any atom is -0.330 e. The Morgan fingerprint density at radius 1 is 1.60 bits per heavy atom. The van der Waals surface area contributed by atoms with Gasteiger partial charge < -0.3 is 5.73 Å². The average Bonchev–Trinajstić information content (AvgIpc) is 2.06. The minimum absolute atomic E-state index is 0.503. The molecule has 2 heteroatoms. The zero-order valence-electron chi connectivity index (χ0n) is 6.73. The summed E-state index contributed by atoms with van der Waals surface area (Å²) in [5.74, 6) is 2.64. The summed E-state index contributed by atoms with van der Waals surface area (Å²) in [4.78, 5) is 0. The molecule has 1 aliphatic heterocycles. The Kier molecular flexibility index (Phi) is 3.05. The molecule has 60 valence electrons. The molecule has 0 aromatic rings. The highest BCUT2D eigenvalue weighted by Gasteiger charge is 2.28. The fraction of sp³-hybridized carbons (Fsp3) is 1.00. The van der Waals surface area contributed by atoms with Crippen molar-refractivity contribution in [2.24, 2.45) is 11.1 Å². The molecule has 1 nitrogen and oxygen atoms in total. The molecule has 1 aliphatic rings. The molecule has 0 saturated carbocycles. The van der Waals surface area contributed by atoms with Crippen molar-refractivity contribution in [2.75, 3.05) is 18.1 Å². The van der Waals surface area contributed by atoms with Crippen LogP contribution >= 0.6 is 11.8 Å². The molecule has 1 fully saturated rings. The molecule has 0 amide bonds. The van der Waals surface area contributed by atoms with E-state index >= 15 is 0 Å². The van der Waals surface area contributed by atoms with Gasteiger partial charge in [-0.05, 0) is 37.0 Å². The zero-order valence-corrected chi connectivity index (χ0v) is 7.54. The SMILES string of the molecule is CCC1(CN)CCCSC1. The maximum atomic E-state index is 5.74. The van der Waals surface area contributed by atoms with Gasteiger partial charge in [0.2, 0.25) is 0 Å². The van der Waals surface area contributed by atoms with Crippen LogP contribution in [0.15, 0.2) is 0 Å². The molecule has 2 N–H and O–H groups in total. The predicted octanol–water partition coefficient (Wildman–Crippen LogP) is 1.87. The van der Waals surface area contributed by atoms with Crippen molar-refractivity contribution in [2.45, 2.75) is 26.2 Å². The number of hydrogen-bond donors (Lipinski definition) is 1. The first-order chi connectivity index (χ1) is 4.83. The summed E-state index contributed by atoms with van der Waals surface area (Å²) in [5, 5.41) is 0. The number of rotatable bonds is 2. The van der Waals surface area contributed by atoms with E-state index in [1.807, 2.05) is 0 Å². The highest BCUT2D eigenvalue weighted by molar-refractivity contribution is 7.99. The molecule has 0 bridgehead atoms. The van der Waals surface area contributed by atoms with Crippen LogP contribution in [0.1, 0.15) is 26.2 Å². The highest BCUT2D eigenvalue weighted by Crippen LogP contribution is 2.35. The van der Waals surface area contributed by atoms with Crippen LogP contribution in [-0.2, 0) is 0 Å². The second-order valence-corrected chi connectivity index (χ2v) is 4.32. The fourth-order valence-corrected chi connectivity index (χ4v) is 2.89. The molecule has 0 aromatic carbocycles. The summed E-state index contributed by atoms with van der Waals surface area (Å²) in [5.41, 5.74) is 6.24. The van der Waals surface area contributed by atoms with Gasteiger partial charge in [-0.2, -0.15) is 11.8 Å². The normalized spacial score (nSPS) is 34.2. The summed E-state index contributed by atoms with van der Waals surface area (Å²) in [7, 11) is 0. The van der Waals surface area contributed by atoms with E-state index in [4.69, 9.17) is 5.73 Å².